The van der Waals surface area contributed by atoms with Gasteiger partial charge in [0, 0.05) is 5.54 Å². The van der Waals surface area contributed by atoms with Gasteiger partial charge in [0.05, 0.1) is 10.7 Å². The first-order valence-electron chi connectivity index (χ1n) is 5.89. The molecule has 0 aliphatic heterocycles. The van der Waals surface area contributed by atoms with Crippen molar-refractivity contribution in [3.8, 4) is 0 Å². The minimum atomic E-state index is 0.187. The first kappa shape index (κ1) is 11.5. The van der Waals surface area contributed by atoms with E-state index in [0.29, 0.717) is 0 Å². The SMILES string of the molecule is C=CCC1(Nc2ccccc2Cl)CCCC1. The highest BCUT2D eigenvalue weighted by molar-refractivity contribution is 6.33. The molecule has 0 atom stereocenters. The van der Waals surface area contributed by atoms with Crippen LogP contribution in [-0.4, -0.2) is 5.54 Å². The summed E-state index contributed by atoms with van der Waals surface area (Å²) >= 11 is 6.18. The Bertz CT molecular complexity index is 367. The third kappa shape index (κ3) is 2.41. The maximum absolute atomic E-state index is 6.18. The Kier molecular flexibility index (Phi) is 3.55. The third-order valence-electron chi connectivity index (χ3n) is 3.37. The molecule has 0 heterocycles. The van der Waals surface area contributed by atoms with Gasteiger partial charge in [0.25, 0.3) is 0 Å². The Morgan fingerprint density at radius 1 is 1.31 bits per heavy atom. The normalized spacial score (nSPS) is 18.3. The maximum atomic E-state index is 6.18. The van der Waals surface area contributed by atoms with Crippen LogP contribution in [0.1, 0.15) is 32.1 Å². The molecule has 1 aromatic carbocycles. The molecule has 1 aliphatic rings. The van der Waals surface area contributed by atoms with Gasteiger partial charge in [-0.3, -0.25) is 0 Å². The molecule has 2 rings (SSSR count). The molecule has 0 amide bonds. The zero-order valence-corrected chi connectivity index (χ0v) is 10.3. The highest BCUT2D eigenvalue weighted by Crippen LogP contribution is 2.37. The molecule has 0 bridgehead atoms. The molecule has 1 aliphatic carbocycles. The highest BCUT2D eigenvalue weighted by Gasteiger charge is 2.32. The number of anilines is 1. The first-order valence-corrected chi connectivity index (χ1v) is 6.27. The van der Waals surface area contributed by atoms with Crippen molar-refractivity contribution in [2.75, 3.05) is 5.32 Å². The minimum absolute atomic E-state index is 0.187. The van der Waals surface area contributed by atoms with Crippen molar-refractivity contribution in [2.45, 2.75) is 37.6 Å². The van der Waals surface area contributed by atoms with Gasteiger partial charge in [-0.15, -0.1) is 6.58 Å². The van der Waals surface area contributed by atoms with Crippen LogP contribution in [0.15, 0.2) is 36.9 Å². The fourth-order valence-electron chi connectivity index (χ4n) is 2.56. The summed E-state index contributed by atoms with van der Waals surface area (Å²) in [6, 6.07) is 7.96. The number of hydrogen-bond acceptors (Lipinski definition) is 1. The fourth-order valence-corrected chi connectivity index (χ4v) is 2.74. The van der Waals surface area contributed by atoms with Crippen LogP contribution in [0.5, 0.6) is 0 Å². The van der Waals surface area contributed by atoms with Crippen molar-refractivity contribution in [1.82, 2.24) is 0 Å². The van der Waals surface area contributed by atoms with Crippen LogP contribution < -0.4 is 5.32 Å². The molecule has 1 saturated carbocycles. The lowest BCUT2D eigenvalue weighted by molar-refractivity contribution is 0.488. The van der Waals surface area contributed by atoms with E-state index in [9.17, 15) is 0 Å². The second kappa shape index (κ2) is 4.92. The Hall–Kier alpha value is -0.950. The van der Waals surface area contributed by atoms with Crippen molar-refractivity contribution < 1.29 is 0 Å². The van der Waals surface area contributed by atoms with Crippen LogP contribution in [0.4, 0.5) is 5.69 Å². The van der Waals surface area contributed by atoms with E-state index in [1.807, 2.05) is 30.3 Å². The molecule has 0 radical (unpaired) electrons. The number of rotatable bonds is 4. The maximum Gasteiger partial charge on any atom is 0.0637 e. The van der Waals surface area contributed by atoms with Gasteiger partial charge in [-0.2, -0.15) is 0 Å². The van der Waals surface area contributed by atoms with Crippen LogP contribution in [0.2, 0.25) is 5.02 Å². The molecular weight excluding hydrogens is 218 g/mol. The van der Waals surface area contributed by atoms with Gasteiger partial charge < -0.3 is 5.32 Å². The smallest absolute Gasteiger partial charge is 0.0637 e. The van der Waals surface area contributed by atoms with Crippen LogP contribution in [0.3, 0.4) is 0 Å². The van der Waals surface area contributed by atoms with E-state index in [2.05, 4.69) is 11.9 Å². The van der Waals surface area contributed by atoms with Crippen molar-refractivity contribution in [3.05, 3.63) is 41.9 Å². The monoisotopic (exact) mass is 235 g/mol. The molecule has 0 aromatic heterocycles. The quantitative estimate of drug-likeness (QED) is 0.750. The Morgan fingerprint density at radius 3 is 2.62 bits per heavy atom. The van der Waals surface area contributed by atoms with Crippen molar-refractivity contribution in [3.63, 3.8) is 0 Å². The van der Waals surface area contributed by atoms with E-state index in [0.717, 1.165) is 17.1 Å². The molecule has 1 nitrogen and oxygen atoms in total. The van der Waals surface area contributed by atoms with E-state index in [1.54, 1.807) is 0 Å². The average Bonchev–Trinajstić information content (AvgIpc) is 2.71. The molecule has 1 aromatic rings. The van der Waals surface area contributed by atoms with E-state index in [4.69, 9.17) is 11.6 Å². The third-order valence-corrected chi connectivity index (χ3v) is 3.70. The molecule has 0 spiro atoms. The topological polar surface area (TPSA) is 12.0 Å². The van der Waals surface area contributed by atoms with Gasteiger partial charge in [-0.25, -0.2) is 0 Å². The minimum Gasteiger partial charge on any atom is -0.378 e. The summed E-state index contributed by atoms with van der Waals surface area (Å²) in [6.45, 7) is 3.86. The Balaban J connectivity index is 2.17. The summed E-state index contributed by atoms with van der Waals surface area (Å²) in [5, 5.41) is 4.42. The largest absolute Gasteiger partial charge is 0.378 e. The lowest BCUT2D eigenvalue weighted by atomic mass is 9.93. The molecular formula is C14H18ClN. The second-order valence-corrected chi connectivity index (χ2v) is 4.99. The fraction of sp³-hybridized carbons (Fsp3) is 0.429. The van der Waals surface area contributed by atoms with Crippen LogP contribution in [0, 0.1) is 0 Å². The number of hydrogen-bond donors (Lipinski definition) is 1. The lowest BCUT2D eigenvalue weighted by Crippen LogP contribution is -2.34. The number of para-hydroxylation sites is 1. The van der Waals surface area contributed by atoms with Crippen LogP contribution >= 0.6 is 11.6 Å². The number of nitrogens with one attached hydrogen (secondary N) is 1. The van der Waals surface area contributed by atoms with E-state index >= 15 is 0 Å². The zero-order valence-electron chi connectivity index (χ0n) is 9.51. The molecule has 1 N–H and O–H groups in total. The summed E-state index contributed by atoms with van der Waals surface area (Å²) in [6.07, 6.45) is 8.04. The summed E-state index contributed by atoms with van der Waals surface area (Å²) in [4.78, 5) is 0. The summed E-state index contributed by atoms with van der Waals surface area (Å²) in [5.74, 6) is 0. The van der Waals surface area contributed by atoms with Crippen molar-refractivity contribution >= 4 is 17.3 Å². The molecule has 2 heteroatoms. The zero-order chi connectivity index (χ0) is 11.4. The van der Waals surface area contributed by atoms with Crippen molar-refractivity contribution in [2.24, 2.45) is 0 Å². The van der Waals surface area contributed by atoms with Gasteiger partial charge in [0.2, 0.25) is 0 Å². The number of halogens is 1. The van der Waals surface area contributed by atoms with Crippen molar-refractivity contribution in [1.29, 1.82) is 0 Å². The van der Waals surface area contributed by atoms with Gasteiger partial charge >= 0.3 is 0 Å². The predicted octanol–water partition coefficient (Wildman–Crippen LogP) is 4.64. The number of benzene rings is 1. The molecule has 16 heavy (non-hydrogen) atoms. The summed E-state index contributed by atoms with van der Waals surface area (Å²) < 4.78 is 0. The first-order chi connectivity index (χ1) is 7.76. The Morgan fingerprint density at radius 2 is 2.00 bits per heavy atom. The summed E-state index contributed by atoms with van der Waals surface area (Å²) in [5.41, 5.74) is 1.24. The molecule has 0 saturated heterocycles. The van der Waals surface area contributed by atoms with E-state index in [-0.39, 0.29) is 5.54 Å². The van der Waals surface area contributed by atoms with Gasteiger partial charge in [0.15, 0.2) is 0 Å². The highest BCUT2D eigenvalue weighted by atomic mass is 35.5. The standard InChI is InChI=1S/C14H18ClN/c1-2-9-14(10-5-6-11-14)16-13-8-4-3-7-12(13)15/h2-4,7-8,16H,1,5-6,9-11H2. The average molecular weight is 236 g/mol. The molecule has 1 fully saturated rings. The van der Waals surface area contributed by atoms with Gasteiger partial charge in [0.1, 0.15) is 0 Å². The van der Waals surface area contributed by atoms with Gasteiger partial charge in [-0.1, -0.05) is 42.7 Å². The van der Waals surface area contributed by atoms with E-state index in [1.165, 1.54) is 25.7 Å². The van der Waals surface area contributed by atoms with Gasteiger partial charge in [-0.05, 0) is 31.4 Å². The second-order valence-electron chi connectivity index (χ2n) is 4.59. The van der Waals surface area contributed by atoms with Crippen LogP contribution in [-0.2, 0) is 0 Å². The molecule has 86 valence electrons. The van der Waals surface area contributed by atoms with Crippen LogP contribution in [0.25, 0.3) is 0 Å². The summed E-state index contributed by atoms with van der Waals surface area (Å²) in [7, 11) is 0. The Labute approximate surface area is 103 Å². The predicted molar refractivity (Wildman–Crippen MR) is 71.1 cm³/mol. The van der Waals surface area contributed by atoms with E-state index < -0.39 is 0 Å². The lowest BCUT2D eigenvalue weighted by Gasteiger charge is -2.31. The molecule has 0 unspecified atom stereocenters.